The van der Waals surface area contributed by atoms with E-state index in [2.05, 4.69) is 10.4 Å². The fourth-order valence-corrected chi connectivity index (χ4v) is 2.49. The Morgan fingerprint density at radius 2 is 2.17 bits per heavy atom. The molecule has 0 unspecified atom stereocenters. The van der Waals surface area contributed by atoms with Gasteiger partial charge in [-0.25, -0.2) is 0 Å². The molecule has 0 aliphatic carbocycles. The van der Waals surface area contributed by atoms with E-state index in [0.29, 0.717) is 23.1 Å². The summed E-state index contributed by atoms with van der Waals surface area (Å²) >= 11 is 6.13. The molecule has 7 heteroatoms. The molecule has 0 spiro atoms. The van der Waals surface area contributed by atoms with Crippen LogP contribution < -0.4 is 14.8 Å². The first-order valence-electron chi connectivity index (χ1n) is 7.38. The quantitative estimate of drug-likeness (QED) is 0.780. The second kappa shape index (κ2) is 8.40. The highest BCUT2D eigenvalue weighted by Crippen LogP contribution is 2.36. The molecule has 0 atom stereocenters. The molecule has 1 aromatic carbocycles. The molecular formula is C17H20ClN3O3. The van der Waals surface area contributed by atoms with Crippen molar-refractivity contribution < 1.29 is 14.3 Å². The number of nitrogens with one attached hydrogen (secondary N) is 1. The topological polar surface area (TPSA) is 65.4 Å². The number of hydrogen-bond acceptors (Lipinski definition) is 4. The lowest BCUT2D eigenvalue weighted by Gasteiger charge is -2.10. The van der Waals surface area contributed by atoms with Crippen LogP contribution in [0.25, 0.3) is 6.08 Å². The molecule has 6 nitrogen and oxygen atoms in total. The molecule has 2 aromatic rings. The minimum atomic E-state index is -0.176. The van der Waals surface area contributed by atoms with Crippen LogP contribution in [0.4, 0.5) is 0 Å². The lowest BCUT2D eigenvalue weighted by Crippen LogP contribution is -2.23. The number of hydrogen-bond donors (Lipinski definition) is 1. The Labute approximate surface area is 146 Å². The Kier molecular flexibility index (Phi) is 6.26. The van der Waals surface area contributed by atoms with Gasteiger partial charge in [0.2, 0.25) is 5.91 Å². The number of ether oxygens (including phenoxy) is 2. The Morgan fingerprint density at radius 3 is 2.79 bits per heavy atom. The SMILES string of the molecule is COc1cc(/C=C/C(=O)NCCc2cnn(C)c2)cc(Cl)c1OC. The Balaban J connectivity index is 1.92. The number of carbonyl (C=O) groups is 1. The molecule has 0 saturated heterocycles. The van der Waals surface area contributed by atoms with E-state index in [4.69, 9.17) is 21.1 Å². The van der Waals surface area contributed by atoms with Gasteiger partial charge in [0.25, 0.3) is 0 Å². The molecule has 24 heavy (non-hydrogen) atoms. The van der Waals surface area contributed by atoms with Gasteiger partial charge in [-0.1, -0.05) is 11.6 Å². The monoisotopic (exact) mass is 349 g/mol. The Hall–Kier alpha value is -2.47. The van der Waals surface area contributed by atoms with E-state index in [-0.39, 0.29) is 5.91 Å². The summed E-state index contributed by atoms with van der Waals surface area (Å²) < 4.78 is 12.1. The maximum atomic E-state index is 11.9. The van der Waals surface area contributed by atoms with Crippen molar-refractivity contribution in [1.29, 1.82) is 0 Å². The van der Waals surface area contributed by atoms with Crippen LogP contribution in [-0.4, -0.2) is 36.5 Å². The highest BCUT2D eigenvalue weighted by atomic mass is 35.5. The molecule has 0 aliphatic heterocycles. The van der Waals surface area contributed by atoms with Crippen molar-refractivity contribution in [2.45, 2.75) is 6.42 Å². The highest BCUT2D eigenvalue weighted by Gasteiger charge is 2.09. The average molecular weight is 350 g/mol. The minimum Gasteiger partial charge on any atom is -0.493 e. The molecule has 0 fully saturated rings. The summed E-state index contributed by atoms with van der Waals surface area (Å²) in [5.74, 6) is 0.809. The number of nitrogens with zero attached hydrogens (tertiary/aromatic N) is 2. The fraction of sp³-hybridized carbons (Fsp3) is 0.294. The molecule has 1 aromatic heterocycles. The zero-order chi connectivity index (χ0) is 17.5. The smallest absolute Gasteiger partial charge is 0.244 e. The van der Waals surface area contributed by atoms with E-state index in [1.54, 1.807) is 29.1 Å². The van der Waals surface area contributed by atoms with Gasteiger partial charge in [0, 0.05) is 25.9 Å². The zero-order valence-corrected chi connectivity index (χ0v) is 14.6. The van der Waals surface area contributed by atoms with E-state index in [1.165, 1.54) is 20.3 Å². The standard InChI is InChI=1S/C17H20ClN3O3/c1-21-11-13(10-20-21)6-7-19-16(22)5-4-12-8-14(18)17(24-3)15(9-12)23-2/h4-5,8-11H,6-7H2,1-3H3,(H,19,22)/b5-4+. The fourth-order valence-electron chi connectivity index (χ4n) is 2.20. The van der Waals surface area contributed by atoms with Crippen molar-refractivity contribution in [3.63, 3.8) is 0 Å². The number of rotatable bonds is 7. The summed E-state index contributed by atoms with van der Waals surface area (Å²) in [5, 5.41) is 7.33. The summed E-state index contributed by atoms with van der Waals surface area (Å²) in [5.41, 5.74) is 1.83. The van der Waals surface area contributed by atoms with Crippen molar-refractivity contribution in [1.82, 2.24) is 15.1 Å². The van der Waals surface area contributed by atoms with E-state index in [9.17, 15) is 4.79 Å². The van der Waals surface area contributed by atoms with E-state index in [0.717, 1.165) is 17.5 Å². The van der Waals surface area contributed by atoms with Crippen LogP contribution in [0, 0.1) is 0 Å². The van der Waals surface area contributed by atoms with Crippen molar-refractivity contribution in [2.24, 2.45) is 7.05 Å². The van der Waals surface area contributed by atoms with Gasteiger partial charge in [0.15, 0.2) is 11.5 Å². The van der Waals surface area contributed by atoms with Crippen LogP contribution in [0.1, 0.15) is 11.1 Å². The number of halogens is 1. The Morgan fingerprint density at radius 1 is 1.38 bits per heavy atom. The van der Waals surface area contributed by atoms with Gasteiger partial charge in [-0.3, -0.25) is 9.48 Å². The Bertz CT molecular complexity index is 741. The van der Waals surface area contributed by atoms with Crippen LogP contribution in [0.3, 0.4) is 0 Å². The maximum Gasteiger partial charge on any atom is 0.244 e. The lowest BCUT2D eigenvalue weighted by molar-refractivity contribution is -0.116. The van der Waals surface area contributed by atoms with Gasteiger partial charge in [-0.05, 0) is 35.8 Å². The van der Waals surface area contributed by atoms with Gasteiger partial charge >= 0.3 is 0 Å². The average Bonchev–Trinajstić information content (AvgIpc) is 2.97. The first kappa shape index (κ1) is 17.9. The van der Waals surface area contributed by atoms with E-state index >= 15 is 0 Å². The van der Waals surface area contributed by atoms with Gasteiger partial charge < -0.3 is 14.8 Å². The predicted molar refractivity (Wildman–Crippen MR) is 93.5 cm³/mol. The molecule has 0 saturated carbocycles. The number of aryl methyl sites for hydroxylation is 1. The minimum absolute atomic E-state index is 0.176. The molecule has 1 amide bonds. The largest absolute Gasteiger partial charge is 0.493 e. The van der Waals surface area contributed by atoms with E-state index < -0.39 is 0 Å². The van der Waals surface area contributed by atoms with Crippen molar-refractivity contribution in [3.05, 3.63) is 46.8 Å². The number of carbonyl (C=O) groups excluding carboxylic acids is 1. The number of methoxy groups -OCH3 is 2. The molecule has 1 heterocycles. The predicted octanol–water partition coefficient (Wildman–Crippen LogP) is 2.46. The molecule has 0 aliphatic rings. The number of aromatic nitrogens is 2. The van der Waals surface area contributed by atoms with Gasteiger partial charge in [-0.2, -0.15) is 5.10 Å². The van der Waals surface area contributed by atoms with Gasteiger partial charge in [0.05, 0.1) is 25.4 Å². The molecule has 1 N–H and O–H groups in total. The van der Waals surface area contributed by atoms with Crippen molar-refractivity contribution in [2.75, 3.05) is 20.8 Å². The first-order chi connectivity index (χ1) is 11.5. The molecule has 0 bridgehead atoms. The summed E-state index contributed by atoms with van der Waals surface area (Å²) in [4.78, 5) is 11.9. The molecule has 0 radical (unpaired) electrons. The molecule has 128 valence electrons. The van der Waals surface area contributed by atoms with Crippen LogP contribution in [0.2, 0.25) is 5.02 Å². The van der Waals surface area contributed by atoms with Crippen LogP contribution in [0.5, 0.6) is 11.5 Å². The number of benzene rings is 1. The lowest BCUT2D eigenvalue weighted by atomic mass is 10.2. The first-order valence-corrected chi connectivity index (χ1v) is 7.76. The summed E-state index contributed by atoms with van der Waals surface area (Å²) in [6, 6.07) is 3.46. The van der Waals surface area contributed by atoms with Crippen molar-refractivity contribution >= 4 is 23.6 Å². The third-order valence-electron chi connectivity index (χ3n) is 3.35. The molecule has 2 rings (SSSR count). The van der Waals surface area contributed by atoms with Gasteiger partial charge in [0.1, 0.15) is 0 Å². The normalized spacial score (nSPS) is 10.8. The van der Waals surface area contributed by atoms with E-state index in [1.807, 2.05) is 13.2 Å². The molecular weight excluding hydrogens is 330 g/mol. The van der Waals surface area contributed by atoms with Crippen molar-refractivity contribution in [3.8, 4) is 11.5 Å². The summed E-state index contributed by atoms with van der Waals surface area (Å²) in [6.07, 6.45) is 7.57. The highest BCUT2D eigenvalue weighted by molar-refractivity contribution is 6.32. The van der Waals surface area contributed by atoms with Gasteiger partial charge in [-0.15, -0.1) is 0 Å². The maximum absolute atomic E-state index is 11.9. The number of amides is 1. The van der Waals surface area contributed by atoms with Crippen LogP contribution in [-0.2, 0) is 18.3 Å². The van der Waals surface area contributed by atoms with Crippen LogP contribution >= 0.6 is 11.6 Å². The third kappa shape index (κ3) is 4.76. The second-order valence-electron chi connectivity index (χ2n) is 5.13. The third-order valence-corrected chi connectivity index (χ3v) is 3.64. The summed E-state index contributed by atoms with van der Waals surface area (Å²) in [7, 11) is 4.92. The second-order valence-corrected chi connectivity index (χ2v) is 5.54. The zero-order valence-electron chi connectivity index (χ0n) is 13.9. The summed E-state index contributed by atoms with van der Waals surface area (Å²) in [6.45, 7) is 0.543. The van der Waals surface area contributed by atoms with Crippen LogP contribution in [0.15, 0.2) is 30.6 Å².